The summed E-state index contributed by atoms with van der Waals surface area (Å²) in [5.74, 6) is 0.404. The molecule has 0 aliphatic heterocycles. The number of aryl methyl sites for hydroxylation is 2. The van der Waals surface area contributed by atoms with Crippen LogP contribution in [0.3, 0.4) is 0 Å². The summed E-state index contributed by atoms with van der Waals surface area (Å²) in [5.41, 5.74) is 4.03. The van der Waals surface area contributed by atoms with Gasteiger partial charge in [0.1, 0.15) is 0 Å². The largest absolute Gasteiger partial charge is 0.280 e. The molecule has 0 atom stereocenters. The second-order valence-electron chi connectivity index (χ2n) is 6.61. The van der Waals surface area contributed by atoms with Crippen molar-refractivity contribution in [3.8, 4) is 11.3 Å². The van der Waals surface area contributed by atoms with E-state index in [-0.39, 0.29) is 4.90 Å². The summed E-state index contributed by atoms with van der Waals surface area (Å²) in [6.07, 6.45) is 0. The molecule has 0 aliphatic carbocycles. The van der Waals surface area contributed by atoms with Gasteiger partial charge in [-0.15, -0.1) is 11.3 Å². The molecule has 0 saturated carbocycles. The Morgan fingerprint density at radius 3 is 2.31 bits per heavy atom. The van der Waals surface area contributed by atoms with Crippen LogP contribution < -0.4 is 4.72 Å². The van der Waals surface area contributed by atoms with Crippen molar-refractivity contribution >= 4 is 27.0 Å². The fraction of sp³-hybridized carbons (Fsp3) is 0.250. The van der Waals surface area contributed by atoms with Crippen LogP contribution in [0.15, 0.2) is 52.7 Å². The number of nitrogens with one attached hydrogen (secondary N) is 1. The van der Waals surface area contributed by atoms with Gasteiger partial charge in [-0.1, -0.05) is 38.1 Å². The SMILES string of the molecule is Cc1nc(-c2ccc(C)c(S(=O)(=O)Nc3ccc(C(C)C)cc3)c2)cs1. The van der Waals surface area contributed by atoms with E-state index in [1.807, 2.05) is 36.6 Å². The highest BCUT2D eigenvalue weighted by atomic mass is 32.2. The van der Waals surface area contributed by atoms with Crippen molar-refractivity contribution < 1.29 is 8.42 Å². The number of nitrogens with zero attached hydrogens (tertiary/aromatic N) is 1. The first kappa shape index (κ1) is 18.6. The lowest BCUT2D eigenvalue weighted by atomic mass is 10.0. The van der Waals surface area contributed by atoms with E-state index in [0.29, 0.717) is 17.2 Å². The van der Waals surface area contributed by atoms with E-state index in [0.717, 1.165) is 16.3 Å². The van der Waals surface area contributed by atoms with Gasteiger partial charge in [-0.25, -0.2) is 13.4 Å². The predicted molar refractivity (Wildman–Crippen MR) is 108 cm³/mol. The number of benzene rings is 2. The molecule has 136 valence electrons. The quantitative estimate of drug-likeness (QED) is 0.643. The summed E-state index contributed by atoms with van der Waals surface area (Å²) < 4.78 is 28.5. The lowest BCUT2D eigenvalue weighted by Crippen LogP contribution is -2.14. The van der Waals surface area contributed by atoms with Gasteiger partial charge >= 0.3 is 0 Å². The van der Waals surface area contributed by atoms with Crippen molar-refractivity contribution in [2.75, 3.05) is 4.72 Å². The number of hydrogen-bond acceptors (Lipinski definition) is 4. The summed E-state index contributed by atoms with van der Waals surface area (Å²) in [7, 11) is -3.68. The van der Waals surface area contributed by atoms with Crippen molar-refractivity contribution in [3.63, 3.8) is 0 Å². The number of rotatable bonds is 5. The zero-order valence-electron chi connectivity index (χ0n) is 15.3. The average Bonchev–Trinajstić information content (AvgIpc) is 3.01. The molecule has 0 amide bonds. The molecule has 0 radical (unpaired) electrons. The maximum absolute atomic E-state index is 12.9. The van der Waals surface area contributed by atoms with Gasteiger partial charge in [0.05, 0.1) is 15.6 Å². The van der Waals surface area contributed by atoms with E-state index in [4.69, 9.17) is 0 Å². The van der Waals surface area contributed by atoms with Gasteiger partial charge < -0.3 is 0 Å². The van der Waals surface area contributed by atoms with Crippen LogP contribution >= 0.6 is 11.3 Å². The van der Waals surface area contributed by atoms with Crippen LogP contribution in [0.5, 0.6) is 0 Å². The molecule has 26 heavy (non-hydrogen) atoms. The third-order valence-electron chi connectivity index (χ3n) is 4.22. The Labute approximate surface area is 159 Å². The molecule has 6 heteroatoms. The normalized spacial score (nSPS) is 11.7. The Morgan fingerprint density at radius 1 is 1.04 bits per heavy atom. The molecule has 0 aliphatic rings. The Morgan fingerprint density at radius 2 is 1.73 bits per heavy atom. The van der Waals surface area contributed by atoms with Gasteiger partial charge in [0.25, 0.3) is 10.0 Å². The van der Waals surface area contributed by atoms with Gasteiger partial charge in [-0.3, -0.25) is 4.72 Å². The first-order chi connectivity index (χ1) is 12.3. The minimum absolute atomic E-state index is 0.272. The Balaban J connectivity index is 1.93. The molecule has 0 bridgehead atoms. The maximum atomic E-state index is 12.9. The molecule has 3 rings (SSSR count). The number of thiazole rings is 1. The lowest BCUT2D eigenvalue weighted by Gasteiger charge is -2.12. The Bertz CT molecular complexity index is 1020. The number of hydrogen-bond donors (Lipinski definition) is 1. The maximum Gasteiger partial charge on any atom is 0.262 e. The summed E-state index contributed by atoms with van der Waals surface area (Å²) in [6, 6.07) is 12.9. The van der Waals surface area contributed by atoms with Crippen LogP contribution in [0.25, 0.3) is 11.3 Å². The van der Waals surface area contributed by atoms with Crippen LogP contribution in [-0.2, 0) is 10.0 Å². The summed E-state index contributed by atoms with van der Waals surface area (Å²) in [5, 5.41) is 2.89. The minimum Gasteiger partial charge on any atom is -0.280 e. The molecule has 3 aromatic rings. The van der Waals surface area contributed by atoms with Gasteiger partial charge in [0.15, 0.2) is 0 Å². The van der Waals surface area contributed by atoms with Crippen LogP contribution in [0, 0.1) is 13.8 Å². The highest BCUT2D eigenvalue weighted by Crippen LogP contribution is 2.28. The van der Waals surface area contributed by atoms with Crippen molar-refractivity contribution in [3.05, 3.63) is 64.0 Å². The third-order valence-corrected chi connectivity index (χ3v) is 6.52. The molecular formula is C20H22N2O2S2. The molecule has 4 nitrogen and oxygen atoms in total. The Kier molecular flexibility index (Phi) is 5.16. The lowest BCUT2D eigenvalue weighted by molar-refractivity contribution is 0.600. The topological polar surface area (TPSA) is 59.1 Å². The van der Waals surface area contributed by atoms with E-state index in [9.17, 15) is 8.42 Å². The zero-order chi connectivity index (χ0) is 18.9. The molecule has 0 saturated heterocycles. The van der Waals surface area contributed by atoms with Gasteiger partial charge in [0.2, 0.25) is 0 Å². The first-order valence-electron chi connectivity index (χ1n) is 8.42. The monoisotopic (exact) mass is 386 g/mol. The van der Waals surface area contributed by atoms with E-state index >= 15 is 0 Å². The van der Waals surface area contributed by atoms with Gasteiger partial charge in [0, 0.05) is 16.6 Å². The van der Waals surface area contributed by atoms with Crippen LogP contribution in [0.1, 0.15) is 35.9 Å². The van der Waals surface area contributed by atoms with Crippen molar-refractivity contribution in [2.45, 2.75) is 38.5 Å². The van der Waals surface area contributed by atoms with Crippen molar-refractivity contribution in [1.29, 1.82) is 0 Å². The van der Waals surface area contributed by atoms with Gasteiger partial charge in [-0.05, 0) is 49.1 Å². The highest BCUT2D eigenvalue weighted by Gasteiger charge is 2.18. The molecule has 0 unspecified atom stereocenters. The summed E-state index contributed by atoms with van der Waals surface area (Å²) in [6.45, 7) is 7.94. The molecule has 0 fully saturated rings. The van der Waals surface area contributed by atoms with E-state index in [1.54, 1.807) is 36.5 Å². The molecule has 1 aromatic heterocycles. The fourth-order valence-corrected chi connectivity index (χ4v) is 4.64. The van der Waals surface area contributed by atoms with E-state index < -0.39 is 10.0 Å². The number of anilines is 1. The smallest absolute Gasteiger partial charge is 0.262 e. The van der Waals surface area contributed by atoms with Crippen LogP contribution in [0.4, 0.5) is 5.69 Å². The molecule has 0 spiro atoms. The second kappa shape index (κ2) is 7.21. The minimum atomic E-state index is -3.68. The fourth-order valence-electron chi connectivity index (χ4n) is 2.69. The molecule has 1 N–H and O–H groups in total. The summed E-state index contributed by atoms with van der Waals surface area (Å²) >= 11 is 1.55. The van der Waals surface area contributed by atoms with Crippen LogP contribution in [0.2, 0.25) is 0 Å². The predicted octanol–water partition coefficient (Wildman–Crippen LogP) is 5.35. The molecule has 1 heterocycles. The second-order valence-corrected chi connectivity index (χ2v) is 9.33. The van der Waals surface area contributed by atoms with E-state index in [2.05, 4.69) is 23.6 Å². The van der Waals surface area contributed by atoms with Crippen molar-refractivity contribution in [1.82, 2.24) is 4.98 Å². The van der Waals surface area contributed by atoms with Crippen molar-refractivity contribution in [2.24, 2.45) is 0 Å². The zero-order valence-corrected chi connectivity index (χ0v) is 16.9. The molecule has 2 aromatic carbocycles. The number of aromatic nitrogens is 1. The third kappa shape index (κ3) is 3.97. The number of sulfonamides is 1. The Hall–Kier alpha value is -2.18. The van der Waals surface area contributed by atoms with Crippen LogP contribution in [-0.4, -0.2) is 13.4 Å². The molecular weight excluding hydrogens is 364 g/mol. The first-order valence-corrected chi connectivity index (χ1v) is 10.8. The standard InChI is InChI=1S/C20H22N2O2S2/c1-13(2)16-7-9-18(10-8-16)22-26(23,24)20-11-17(6-5-14(20)3)19-12-25-15(4)21-19/h5-13,22H,1-4H3. The average molecular weight is 387 g/mol. The van der Waals surface area contributed by atoms with Gasteiger partial charge in [-0.2, -0.15) is 0 Å². The van der Waals surface area contributed by atoms with E-state index in [1.165, 1.54) is 5.56 Å². The highest BCUT2D eigenvalue weighted by molar-refractivity contribution is 7.92. The summed E-state index contributed by atoms with van der Waals surface area (Å²) in [4.78, 5) is 4.72.